The van der Waals surface area contributed by atoms with E-state index in [2.05, 4.69) is 10.3 Å². The highest BCUT2D eigenvalue weighted by Crippen LogP contribution is 2.31. The maximum Gasteiger partial charge on any atom is 0.256 e. The van der Waals surface area contributed by atoms with E-state index in [0.29, 0.717) is 22.9 Å². The molecule has 5 nitrogen and oxygen atoms in total. The summed E-state index contributed by atoms with van der Waals surface area (Å²) in [4.78, 5) is 17.1. The van der Waals surface area contributed by atoms with Crippen LogP contribution < -0.4 is 14.8 Å². The van der Waals surface area contributed by atoms with Gasteiger partial charge in [-0.15, -0.1) is 0 Å². The monoisotopic (exact) mass is 348 g/mol. The Morgan fingerprint density at radius 1 is 0.923 bits per heavy atom. The number of aromatic nitrogens is 1. The maximum atomic E-state index is 12.7. The second-order valence-electron chi connectivity index (χ2n) is 5.74. The summed E-state index contributed by atoms with van der Waals surface area (Å²) in [6.45, 7) is 1.86. The summed E-state index contributed by atoms with van der Waals surface area (Å²) in [5, 5.41) is 2.82. The lowest BCUT2D eigenvalue weighted by Gasteiger charge is -2.13. The molecule has 0 spiro atoms. The van der Waals surface area contributed by atoms with Gasteiger partial charge < -0.3 is 14.8 Å². The molecule has 0 aliphatic carbocycles. The molecule has 26 heavy (non-hydrogen) atoms. The first-order chi connectivity index (χ1) is 12.6. The fourth-order valence-corrected chi connectivity index (χ4v) is 2.67. The summed E-state index contributed by atoms with van der Waals surface area (Å²) in [5.41, 5.74) is 3.13. The Bertz CT molecular complexity index is 924. The van der Waals surface area contributed by atoms with Gasteiger partial charge in [0.25, 0.3) is 5.91 Å². The largest absolute Gasteiger partial charge is 0.496 e. The number of amides is 1. The number of rotatable bonds is 5. The number of aryl methyl sites for hydroxylation is 1. The fraction of sp³-hybridized carbons (Fsp3) is 0.143. The highest BCUT2D eigenvalue weighted by Gasteiger charge is 2.14. The van der Waals surface area contributed by atoms with Crippen molar-refractivity contribution in [2.75, 3.05) is 19.5 Å². The zero-order chi connectivity index (χ0) is 18.5. The average molecular weight is 348 g/mol. The minimum absolute atomic E-state index is 0.263. The van der Waals surface area contributed by atoms with Crippen LogP contribution in [0.2, 0.25) is 0 Å². The molecule has 1 aromatic heterocycles. The molecule has 3 rings (SSSR count). The van der Waals surface area contributed by atoms with Crippen molar-refractivity contribution in [3.63, 3.8) is 0 Å². The summed E-state index contributed by atoms with van der Waals surface area (Å²) in [6.07, 6.45) is 0. The van der Waals surface area contributed by atoms with E-state index in [9.17, 15) is 4.79 Å². The third kappa shape index (κ3) is 3.67. The summed E-state index contributed by atoms with van der Waals surface area (Å²) >= 11 is 0. The number of carbonyl (C=O) groups excluding carboxylic acids is 1. The van der Waals surface area contributed by atoms with Crippen molar-refractivity contribution in [3.05, 3.63) is 71.9 Å². The van der Waals surface area contributed by atoms with Crippen LogP contribution in [0.1, 0.15) is 16.1 Å². The molecular formula is C21H20N2O3. The topological polar surface area (TPSA) is 60.5 Å². The number of carbonyl (C=O) groups is 1. The predicted octanol–water partition coefficient (Wildman–Crippen LogP) is 4.33. The molecule has 0 radical (unpaired) electrons. The zero-order valence-electron chi connectivity index (χ0n) is 14.9. The molecule has 0 bridgehead atoms. The van der Waals surface area contributed by atoms with E-state index in [4.69, 9.17) is 9.47 Å². The number of benzene rings is 2. The lowest BCUT2D eigenvalue weighted by molar-refractivity contribution is 0.102. The van der Waals surface area contributed by atoms with Crippen LogP contribution >= 0.6 is 0 Å². The molecule has 0 saturated heterocycles. The van der Waals surface area contributed by atoms with Crippen LogP contribution in [0.25, 0.3) is 11.1 Å². The van der Waals surface area contributed by atoms with Crippen molar-refractivity contribution in [1.29, 1.82) is 0 Å². The van der Waals surface area contributed by atoms with Crippen LogP contribution in [0, 0.1) is 6.92 Å². The van der Waals surface area contributed by atoms with E-state index < -0.39 is 0 Å². The fourth-order valence-electron chi connectivity index (χ4n) is 2.67. The van der Waals surface area contributed by atoms with Crippen molar-refractivity contribution in [1.82, 2.24) is 4.98 Å². The normalized spacial score (nSPS) is 10.3. The first-order valence-corrected chi connectivity index (χ1v) is 8.19. The van der Waals surface area contributed by atoms with Gasteiger partial charge in [0, 0.05) is 16.8 Å². The van der Waals surface area contributed by atoms with E-state index >= 15 is 0 Å². The summed E-state index contributed by atoms with van der Waals surface area (Å²) in [7, 11) is 3.16. The summed E-state index contributed by atoms with van der Waals surface area (Å²) < 4.78 is 10.7. The average Bonchev–Trinajstić information content (AvgIpc) is 2.68. The second kappa shape index (κ2) is 7.70. The van der Waals surface area contributed by atoms with Gasteiger partial charge in [-0.1, -0.05) is 30.3 Å². The standard InChI is InChI=1S/C21H20N2O3/c1-14-9-11-19(26-3)20(22-14)23-21(24)16-10-12-18(25-2)17(13-16)15-7-5-4-6-8-15/h4-13H,1-3H3,(H,22,23,24). The smallest absolute Gasteiger partial charge is 0.256 e. The van der Waals surface area contributed by atoms with Crippen molar-refractivity contribution >= 4 is 11.7 Å². The molecule has 1 N–H and O–H groups in total. The Labute approximate surface area is 152 Å². The number of anilines is 1. The Balaban J connectivity index is 1.95. The first-order valence-electron chi connectivity index (χ1n) is 8.19. The van der Waals surface area contributed by atoms with E-state index in [0.717, 1.165) is 16.8 Å². The van der Waals surface area contributed by atoms with Gasteiger partial charge in [0.15, 0.2) is 11.6 Å². The van der Waals surface area contributed by atoms with Crippen LogP contribution in [-0.2, 0) is 0 Å². The highest BCUT2D eigenvalue weighted by atomic mass is 16.5. The molecule has 0 atom stereocenters. The van der Waals surface area contributed by atoms with Gasteiger partial charge in [-0.2, -0.15) is 0 Å². The Hall–Kier alpha value is -3.34. The third-order valence-electron chi connectivity index (χ3n) is 4.00. The van der Waals surface area contributed by atoms with E-state index in [1.54, 1.807) is 32.4 Å². The molecule has 5 heteroatoms. The van der Waals surface area contributed by atoms with Crippen LogP contribution in [-0.4, -0.2) is 25.1 Å². The molecule has 3 aromatic rings. The van der Waals surface area contributed by atoms with Crippen LogP contribution in [0.5, 0.6) is 11.5 Å². The van der Waals surface area contributed by atoms with Gasteiger partial charge >= 0.3 is 0 Å². The molecule has 132 valence electrons. The number of pyridine rings is 1. The molecule has 2 aromatic carbocycles. The molecule has 0 saturated carbocycles. The van der Waals surface area contributed by atoms with Crippen molar-refractivity contribution in [2.24, 2.45) is 0 Å². The Morgan fingerprint density at radius 3 is 2.31 bits per heavy atom. The van der Waals surface area contributed by atoms with Gasteiger partial charge in [0.05, 0.1) is 14.2 Å². The molecule has 1 heterocycles. The first kappa shape index (κ1) is 17.5. The van der Waals surface area contributed by atoms with Crippen LogP contribution in [0.15, 0.2) is 60.7 Å². The summed E-state index contributed by atoms with van der Waals surface area (Å²) in [5.74, 6) is 1.36. The predicted molar refractivity (Wildman–Crippen MR) is 102 cm³/mol. The number of hydrogen-bond acceptors (Lipinski definition) is 4. The van der Waals surface area contributed by atoms with Gasteiger partial charge in [-0.05, 0) is 42.8 Å². The molecule has 0 aliphatic heterocycles. The molecule has 0 aliphatic rings. The van der Waals surface area contributed by atoms with Crippen LogP contribution in [0.3, 0.4) is 0 Å². The minimum Gasteiger partial charge on any atom is -0.496 e. The third-order valence-corrected chi connectivity index (χ3v) is 4.00. The minimum atomic E-state index is -0.263. The number of methoxy groups -OCH3 is 2. The lowest BCUT2D eigenvalue weighted by atomic mass is 10.0. The number of hydrogen-bond donors (Lipinski definition) is 1. The van der Waals surface area contributed by atoms with Gasteiger partial charge in [-0.25, -0.2) is 4.98 Å². The molecular weight excluding hydrogens is 328 g/mol. The summed E-state index contributed by atoms with van der Waals surface area (Å²) in [6, 6.07) is 18.7. The lowest BCUT2D eigenvalue weighted by Crippen LogP contribution is -2.14. The van der Waals surface area contributed by atoms with Crippen LogP contribution in [0.4, 0.5) is 5.82 Å². The van der Waals surface area contributed by atoms with Gasteiger partial charge in [0.1, 0.15) is 5.75 Å². The number of ether oxygens (including phenoxy) is 2. The number of nitrogens with zero attached hydrogens (tertiary/aromatic N) is 1. The van der Waals surface area contributed by atoms with E-state index in [1.165, 1.54) is 0 Å². The van der Waals surface area contributed by atoms with E-state index in [-0.39, 0.29) is 5.91 Å². The van der Waals surface area contributed by atoms with Crippen molar-refractivity contribution < 1.29 is 14.3 Å². The SMILES string of the molecule is COc1ccc(C(=O)Nc2nc(C)ccc2OC)cc1-c1ccccc1. The van der Waals surface area contributed by atoms with E-state index in [1.807, 2.05) is 49.4 Å². The Kier molecular flexibility index (Phi) is 5.17. The molecule has 1 amide bonds. The number of nitrogens with one attached hydrogen (secondary N) is 1. The van der Waals surface area contributed by atoms with Crippen molar-refractivity contribution in [2.45, 2.75) is 6.92 Å². The Morgan fingerprint density at radius 2 is 1.62 bits per heavy atom. The quantitative estimate of drug-likeness (QED) is 0.746. The van der Waals surface area contributed by atoms with Gasteiger partial charge in [-0.3, -0.25) is 4.79 Å². The second-order valence-corrected chi connectivity index (χ2v) is 5.74. The molecule has 0 unspecified atom stereocenters. The zero-order valence-corrected chi connectivity index (χ0v) is 14.9. The van der Waals surface area contributed by atoms with Crippen molar-refractivity contribution in [3.8, 4) is 22.6 Å². The molecule has 0 fully saturated rings. The van der Waals surface area contributed by atoms with Gasteiger partial charge in [0.2, 0.25) is 0 Å². The highest BCUT2D eigenvalue weighted by molar-refractivity contribution is 6.05. The maximum absolute atomic E-state index is 12.7.